The van der Waals surface area contributed by atoms with Crippen LogP contribution in [-0.2, 0) is 6.42 Å². The molecule has 1 heterocycles. The first-order valence-corrected chi connectivity index (χ1v) is 6.24. The van der Waals surface area contributed by atoms with Gasteiger partial charge < -0.3 is 14.8 Å². The normalized spacial score (nSPS) is 18.0. The summed E-state index contributed by atoms with van der Waals surface area (Å²) < 4.78 is 11.4. The van der Waals surface area contributed by atoms with E-state index in [2.05, 4.69) is 31.3 Å². The molecule has 1 aliphatic rings. The Morgan fingerprint density at radius 1 is 1.29 bits per heavy atom. The van der Waals surface area contributed by atoms with E-state index in [-0.39, 0.29) is 0 Å². The quantitative estimate of drug-likeness (QED) is 0.732. The number of likely N-dealkylation sites (N-methyl/N-ethyl adjacent to an activating group) is 1. The molecule has 0 saturated heterocycles. The molecule has 0 unspecified atom stereocenters. The first-order chi connectivity index (χ1) is 8.00. The van der Waals surface area contributed by atoms with E-state index >= 15 is 0 Å². The van der Waals surface area contributed by atoms with E-state index in [1.165, 1.54) is 5.56 Å². The summed E-state index contributed by atoms with van der Waals surface area (Å²) in [4.78, 5) is 0. The lowest BCUT2D eigenvalue weighted by Crippen LogP contribution is -2.39. The van der Waals surface area contributed by atoms with Crippen LogP contribution in [0.5, 0.6) is 11.5 Å². The molecule has 0 aliphatic carbocycles. The van der Waals surface area contributed by atoms with Crippen molar-refractivity contribution in [1.82, 2.24) is 5.32 Å². The molecule has 0 radical (unpaired) electrons. The molecule has 90 valence electrons. The van der Waals surface area contributed by atoms with Crippen LogP contribution >= 0.6 is 0 Å². The lowest BCUT2D eigenvalue weighted by atomic mass is 9.76. The van der Waals surface area contributed by atoms with Gasteiger partial charge in [0.1, 0.15) is 0 Å². The first-order valence-electron chi connectivity index (χ1n) is 6.24. The molecule has 0 fully saturated rings. The van der Waals surface area contributed by atoms with Crippen molar-refractivity contribution in [2.75, 3.05) is 6.54 Å². The van der Waals surface area contributed by atoms with Crippen LogP contribution in [0, 0.1) is 0 Å². The van der Waals surface area contributed by atoms with E-state index in [0.29, 0.717) is 6.04 Å². The minimum absolute atomic E-state index is 0.480. The average Bonchev–Trinajstić information content (AvgIpc) is 2.51. The molecule has 2 rings (SSSR count). The van der Waals surface area contributed by atoms with Gasteiger partial charge in [-0.3, -0.25) is 0 Å². The number of rotatable bonds is 4. The van der Waals surface area contributed by atoms with E-state index in [4.69, 9.17) is 9.47 Å². The highest BCUT2D eigenvalue weighted by atomic mass is 16.7. The fourth-order valence-electron chi connectivity index (χ4n) is 2.17. The summed E-state index contributed by atoms with van der Waals surface area (Å²) in [6, 6.07) is 6.67. The fourth-order valence-corrected chi connectivity index (χ4v) is 2.17. The Kier molecular flexibility index (Phi) is 3.38. The topological polar surface area (TPSA) is 30.5 Å². The van der Waals surface area contributed by atoms with Crippen molar-refractivity contribution in [3.8, 4) is 11.5 Å². The molecule has 0 spiro atoms. The van der Waals surface area contributed by atoms with Gasteiger partial charge in [0, 0.05) is 6.04 Å². The van der Waals surface area contributed by atoms with Crippen molar-refractivity contribution < 1.29 is 9.47 Å². The minimum atomic E-state index is -0.533. The van der Waals surface area contributed by atoms with Crippen LogP contribution in [0.15, 0.2) is 18.2 Å². The summed E-state index contributed by atoms with van der Waals surface area (Å²) in [5.41, 5.74) is 0.743. The van der Waals surface area contributed by atoms with Crippen molar-refractivity contribution in [3.63, 3.8) is 0 Å². The second kappa shape index (κ2) is 4.65. The van der Waals surface area contributed by atoms with Crippen molar-refractivity contribution in [3.05, 3.63) is 23.8 Å². The maximum atomic E-state index is 5.73. The Hall–Kier alpha value is -1.09. The minimum Gasteiger partial charge on any atom is -0.467 e. The molecule has 17 heavy (non-hydrogen) atoms. The lowest BCUT2D eigenvalue weighted by Gasteiger charge is -2.17. The maximum Gasteiger partial charge on any atom is 0.197 e. The second-order valence-electron chi connectivity index (χ2n) is 5.05. The second-order valence-corrected chi connectivity index (χ2v) is 5.05. The van der Waals surface area contributed by atoms with Crippen LogP contribution in [0.25, 0.3) is 0 Å². The highest BCUT2D eigenvalue weighted by Crippen LogP contribution is 2.37. The summed E-state index contributed by atoms with van der Waals surface area (Å²) in [6.45, 7) is 5.31. The number of hydrogen-bond donors (Lipinski definition) is 1. The summed E-state index contributed by atoms with van der Waals surface area (Å²) >= 11 is 0. The molecule has 1 aromatic rings. The molecule has 1 atom stereocenters. The van der Waals surface area contributed by atoms with Crippen LogP contribution < -0.4 is 14.8 Å². The van der Waals surface area contributed by atoms with Gasteiger partial charge in [0.05, 0.1) is 0 Å². The van der Waals surface area contributed by atoms with Crippen molar-refractivity contribution in [2.24, 2.45) is 0 Å². The Morgan fingerprint density at radius 3 is 2.71 bits per heavy atom. The smallest absolute Gasteiger partial charge is 0.197 e. The monoisotopic (exact) mass is 231 g/mol. The molecule has 1 N–H and O–H groups in total. The van der Waals surface area contributed by atoms with Crippen molar-refractivity contribution in [2.45, 2.75) is 31.9 Å². The van der Waals surface area contributed by atoms with E-state index < -0.39 is 5.59 Å². The number of fused-ring (bicyclic) bond motifs is 1. The Labute approximate surface area is 105 Å². The van der Waals surface area contributed by atoms with Gasteiger partial charge in [0.15, 0.2) is 32.8 Å². The number of ether oxygens (including phenoxy) is 2. The molecule has 3 nitrogen and oxygen atoms in total. The zero-order chi connectivity index (χ0) is 12.5. The molecular weight excluding hydrogens is 212 g/mol. The van der Waals surface area contributed by atoms with Crippen LogP contribution in [0.4, 0.5) is 0 Å². The van der Waals surface area contributed by atoms with E-state index in [9.17, 15) is 0 Å². The van der Waals surface area contributed by atoms with Gasteiger partial charge >= 0.3 is 0 Å². The van der Waals surface area contributed by atoms with Crippen molar-refractivity contribution >= 4 is 15.7 Å². The zero-order valence-electron chi connectivity index (χ0n) is 11.0. The van der Waals surface area contributed by atoms with Crippen LogP contribution in [0.2, 0.25) is 0 Å². The third-order valence-electron chi connectivity index (χ3n) is 2.81. The standard InChI is InChI=1S/C12H19B2NO2/c1-3-15-8(2)6-9-4-5-10-11(7-9)17-12(13,14)16-10/h4-5,7-8,15H,3,6,13-14H2,1-2H3/t8-/m0/s1. The van der Waals surface area contributed by atoms with Crippen LogP contribution in [-0.4, -0.2) is 33.9 Å². The van der Waals surface area contributed by atoms with Gasteiger partial charge in [-0.05, 0) is 37.6 Å². The summed E-state index contributed by atoms with van der Waals surface area (Å²) in [7, 11) is 3.85. The molecular formula is C12H19B2NO2. The SMILES string of the molecule is BC1(B)Oc2ccc(C[C@H](C)NCC)cc2O1. The van der Waals surface area contributed by atoms with Gasteiger partial charge in [0.2, 0.25) is 0 Å². The van der Waals surface area contributed by atoms with E-state index in [0.717, 1.165) is 24.5 Å². The highest BCUT2D eigenvalue weighted by Gasteiger charge is 2.30. The Balaban J connectivity index is 2.08. The zero-order valence-corrected chi connectivity index (χ0v) is 11.0. The summed E-state index contributed by atoms with van der Waals surface area (Å²) in [5.74, 6) is 1.70. The maximum absolute atomic E-state index is 5.73. The van der Waals surface area contributed by atoms with Crippen LogP contribution in [0.3, 0.4) is 0 Å². The van der Waals surface area contributed by atoms with Gasteiger partial charge in [-0.15, -0.1) is 0 Å². The van der Waals surface area contributed by atoms with E-state index in [1.54, 1.807) is 0 Å². The average molecular weight is 231 g/mol. The number of nitrogens with one attached hydrogen (secondary N) is 1. The molecule has 0 aromatic heterocycles. The molecule has 5 heteroatoms. The third-order valence-corrected chi connectivity index (χ3v) is 2.81. The van der Waals surface area contributed by atoms with Crippen molar-refractivity contribution in [1.29, 1.82) is 0 Å². The largest absolute Gasteiger partial charge is 0.467 e. The highest BCUT2D eigenvalue weighted by molar-refractivity contribution is 6.38. The molecule has 0 amide bonds. The predicted octanol–water partition coefficient (Wildman–Crippen LogP) is -0.124. The van der Waals surface area contributed by atoms with Gasteiger partial charge in [-0.1, -0.05) is 13.0 Å². The third kappa shape index (κ3) is 2.97. The summed E-state index contributed by atoms with van der Waals surface area (Å²) in [6.07, 6.45) is 1.00. The van der Waals surface area contributed by atoms with Gasteiger partial charge in [-0.25, -0.2) is 0 Å². The molecule has 1 aromatic carbocycles. The van der Waals surface area contributed by atoms with Gasteiger partial charge in [-0.2, -0.15) is 0 Å². The molecule has 0 bridgehead atoms. The molecule has 0 saturated carbocycles. The lowest BCUT2D eigenvalue weighted by molar-refractivity contribution is 0.0833. The first kappa shape index (κ1) is 12.4. The van der Waals surface area contributed by atoms with Crippen LogP contribution in [0.1, 0.15) is 19.4 Å². The predicted molar refractivity (Wildman–Crippen MR) is 74.4 cm³/mol. The fraction of sp³-hybridized carbons (Fsp3) is 0.500. The Bertz CT molecular complexity index is 409. The number of benzene rings is 1. The summed E-state index contributed by atoms with van der Waals surface area (Å²) in [5, 5.41) is 3.41. The number of hydrogen-bond acceptors (Lipinski definition) is 3. The Morgan fingerprint density at radius 2 is 2.00 bits per heavy atom. The van der Waals surface area contributed by atoms with E-state index in [1.807, 2.05) is 21.8 Å². The van der Waals surface area contributed by atoms with Gasteiger partial charge in [0.25, 0.3) is 0 Å². The molecule has 1 aliphatic heterocycles.